The second kappa shape index (κ2) is 7.00. The monoisotopic (exact) mass is 318 g/mol. The number of likely N-dealkylation sites (tertiary alicyclic amines) is 1. The van der Waals surface area contributed by atoms with E-state index in [0.717, 1.165) is 25.7 Å². The van der Waals surface area contributed by atoms with Crippen molar-refractivity contribution in [2.75, 3.05) is 6.54 Å². The Morgan fingerprint density at radius 1 is 1.17 bits per heavy atom. The molecule has 1 aromatic rings. The van der Waals surface area contributed by atoms with Gasteiger partial charge in [-0.25, -0.2) is 4.79 Å². The SMILES string of the molecule is O=C(NC1CCCC1)[C@H]1C[C@@H](O)CN1C(=O)Oc1ccccc1. The van der Waals surface area contributed by atoms with E-state index >= 15 is 0 Å². The van der Waals surface area contributed by atoms with Crippen LogP contribution < -0.4 is 10.1 Å². The van der Waals surface area contributed by atoms with Crippen molar-refractivity contribution in [1.29, 1.82) is 0 Å². The van der Waals surface area contributed by atoms with E-state index in [2.05, 4.69) is 5.32 Å². The summed E-state index contributed by atoms with van der Waals surface area (Å²) in [4.78, 5) is 26.1. The third-order valence-electron chi connectivity index (χ3n) is 4.47. The fraction of sp³-hybridized carbons (Fsp3) is 0.529. The van der Waals surface area contributed by atoms with Crippen LogP contribution in [0.15, 0.2) is 30.3 Å². The number of nitrogens with zero attached hydrogens (tertiary/aromatic N) is 1. The minimum absolute atomic E-state index is 0.119. The first-order valence-electron chi connectivity index (χ1n) is 8.15. The molecule has 0 bridgehead atoms. The number of hydrogen-bond donors (Lipinski definition) is 2. The Morgan fingerprint density at radius 2 is 1.87 bits per heavy atom. The molecule has 1 aromatic carbocycles. The first kappa shape index (κ1) is 15.8. The van der Waals surface area contributed by atoms with Crippen LogP contribution in [-0.4, -0.2) is 46.7 Å². The van der Waals surface area contributed by atoms with Gasteiger partial charge in [0.25, 0.3) is 0 Å². The van der Waals surface area contributed by atoms with Crippen LogP contribution in [-0.2, 0) is 4.79 Å². The van der Waals surface area contributed by atoms with Crippen LogP contribution in [0.1, 0.15) is 32.1 Å². The Balaban J connectivity index is 1.64. The lowest BCUT2D eigenvalue weighted by Gasteiger charge is -2.24. The summed E-state index contributed by atoms with van der Waals surface area (Å²) < 4.78 is 5.29. The van der Waals surface area contributed by atoms with E-state index in [1.165, 1.54) is 4.90 Å². The Kier molecular flexibility index (Phi) is 4.81. The number of nitrogens with one attached hydrogen (secondary N) is 1. The lowest BCUT2D eigenvalue weighted by atomic mass is 10.1. The lowest BCUT2D eigenvalue weighted by Crippen LogP contribution is -2.49. The molecule has 3 rings (SSSR count). The van der Waals surface area contributed by atoms with Crippen molar-refractivity contribution in [3.63, 3.8) is 0 Å². The fourth-order valence-corrected chi connectivity index (χ4v) is 3.28. The number of rotatable bonds is 3. The molecule has 6 nitrogen and oxygen atoms in total. The Labute approximate surface area is 135 Å². The maximum Gasteiger partial charge on any atom is 0.416 e. The molecule has 0 aromatic heterocycles. The number of benzene rings is 1. The van der Waals surface area contributed by atoms with Crippen LogP contribution in [0.4, 0.5) is 4.79 Å². The molecular formula is C17H22N2O4. The molecule has 23 heavy (non-hydrogen) atoms. The van der Waals surface area contributed by atoms with E-state index in [4.69, 9.17) is 4.74 Å². The molecule has 1 aliphatic carbocycles. The van der Waals surface area contributed by atoms with Crippen LogP contribution >= 0.6 is 0 Å². The number of para-hydroxylation sites is 1. The van der Waals surface area contributed by atoms with Crippen molar-refractivity contribution in [1.82, 2.24) is 10.2 Å². The van der Waals surface area contributed by atoms with Gasteiger partial charge in [-0.3, -0.25) is 9.69 Å². The highest BCUT2D eigenvalue weighted by atomic mass is 16.6. The molecule has 2 fully saturated rings. The van der Waals surface area contributed by atoms with Crippen LogP contribution in [0.2, 0.25) is 0 Å². The second-order valence-electron chi connectivity index (χ2n) is 6.23. The molecule has 2 atom stereocenters. The van der Waals surface area contributed by atoms with Crippen molar-refractivity contribution in [2.24, 2.45) is 0 Å². The second-order valence-corrected chi connectivity index (χ2v) is 6.23. The van der Waals surface area contributed by atoms with Gasteiger partial charge in [-0.1, -0.05) is 31.0 Å². The van der Waals surface area contributed by atoms with E-state index in [1.54, 1.807) is 24.3 Å². The molecule has 2 aliphatic rings. The van der Waals surface area contributed by atoms with Gasteiger partial charge in [0.15, 0.2) is 0 Å². The number of aliphatic hydroxyl groups excluding tert-OH is 1. The molecule has 1 saturated heterocycles. The minimum atomic E-state index is -0.697. The number of aliphatic hydroxyl groups is 1. The summed E-state index contributed by atoms with van der Waals surface area (Å²) in [5.41, 5.74) is 0. The normalized spacial score (nSPS) is 24.7. The molecule has 0 radical (unpaired) electrons. The molecular weight excluding hydrogens is 296 g/mol. The van der Waals surface area contributed by atoms with E-state index in [1.807, 2.05) is 6.07 Å². The summed E-state index contributed by atoms with van der Waals surface area (Å²) in [6, 6.07) is 8.25. The van der Waals surface area contributed by atoms with Gasteiger partial charge in [0.2, 0.25) is 5.91 Å². The van der Waals surface area contributed by atoms with Crippen LogP contribution in [0.3, 0.4) is 0 Å². The average molecular weight is 318 g/mol. The summed E-state index contributed by atoms with van der Waals surface area (Å²) in [7, 11) is 0. The van der Waals surface area contributed by atoms with Gasteiger partial charge in [-0.15, -0.1) is 0 Å². The molecule has 2 amide bonds. The first-order chi connectivity index (χ1) is 11.1. The summed E-state index contributed by atoms with van der Waals surface area (Å²) in [5, 5.41) is 12.9. The van der Waals surface area contributed by atoms with Gasteiger partial charge in [-0.2, -0.15) is 0 Å². The number of ether oxygens (including phenoxy) is 1. The predicted octanol–water partition coefficient (Wildman–Crippen LogP) is 1.68. The number of β-amino-alcohol motifs (C(OH)–C–C–N with tert-alkyl or cyclic N) is 1. The van der Waals surface area contributed by atoms with E-state index in [9.17, 15) is 14.7 Å². The summed E-state index contributed by atoms with van der Waals surface area (Å²) in [6.07, 6.45) is 3.17. The van der Waals surface area contributed by atoms with Gasteiger partial charge in [-0.05, 0) is 25.0 Å². The molecule has 2 N–H and O–H groups in total. The smallest absolute Gasteiger partial charge is 0.410 e. The van der Waals surface area contributed by atoms with Crippen molar-refractivity contribution in [3.05, 3.63) is 30.3 Å². The summed E-state index contributed by atoms with van der Waals surface area (Å²) >= 11 is 0. The quantitative estimate of drug-likeness (QED) is 0.889. The van der Waals surface area contributed by atoms with Crippen LogP contribution in [0.25, 0.3) is 0 Å². The van der Waals surface area contributed by atoms with Crippen LogP contribution in [0, 0.1) is 0 Å². The zero-order valence-electron chi connectivity index (χ0n) is 13.0. The minimum Gasteiger partial charge on any atom is -0.410 e. The number of hydrogen-bond acceptors (Lipinski definition) is 4. The molecule has 1 saturated carbocycles. The molecule has 1 aliphatic heterocycles. The van der Waals surface area contributed by atoms with Gasteiger partial charge in [0.05, 0.1) is 12.6 Å². The zero-order valence-corrected chi connectivity index (χ0v) is 13.0. The maximum atomic E-state index is 12.4. The van der Waals surface area contributed by atoms with Gasteiger partial charge in [0.1, 0.15) is 11.8 Å². The van der Waals surface area contributed by atoms with Crippen molar-refractivity contribution >= 4 is 12.0 Å². The fourth-order valence-electron chi connectivity index (χ4n) is 3.28. The Hall–Kier alpha value is -2.08. The van der Waals surface area contributed by atoms with Gasteiger partial charge in [0, 0.05) is 12.5 Å². The number of amides is 2. The molecule has 1 heterocycles. The van der Waals surface area contributed by atoms with Crippen molar-refractivity contribution in [2.45, 2.75) is 50.3 Å². The third kappa shape index (κ3) is 3.82. The number of carbonyl (C=O) groups excluding carboxylic acids is 2. The highest BCUT2D eigenvalue weighted by Crippen LogP contribution is 2.23. The van der Waals surface area contributed by atoms with Crippen molar-refractivity contribution < 1.29 is 19.4 Å². The summed E-state index contributed by atoms with van der Waals surface area (Å²) in [5.74, 6) is 0.229. The molecule has 124 valence electrons. The molecule has 0 unspecified atom stereocenters. The van der Waals surface area contributed by atoms with E-state index in [-0.39, 0.29) is 24.9 Å². The predicted molar refractivity (Wildman–Crippen MR) is 84.0 cm³/mol. The first-order valence-corrected chi connectivity index (χ1v) is 8.15. The average Bonchev–Trinajstić information content (AvgIpc) is 3.17. The lowest BCUT2D eigenvalue weighted by molar-refractivity contribution is -0.125. The molecule has 6 heteroatoms. The molecule has 0 spiro atoms. The number of carbonyl (C=O) groups is 2. The summed E-state index contributed by atoms with van der Waals surface area (Å²) in [6.45, 7) is 0.119. The highest BCUT2D eigenvalue weighted by molar-refractivity contribution is 5.87. The van der Waals surface area contributed by atoms with Crippen LogP contribution in [0.5, 0.6) is 5.75 Å². The topological polar surface area (TPSA) is 78.9 Å². The highest BCUT2D eigenvalue weighted by Gasteiger charge is 2.40. The van der Waals surface area contributed by atoms with Gasteiger partial charge < -0.3 is 15.2 Å². The van der Waals surface area contributed by atoms with E-state index in [0.29, 0.717) is 5.75 Å². The third-order valence-corrected chi connectivity index (χ3v) is 4.47. The van der Waals surface area contributed by atoms with E-state index < -0.39 is 18.2 Å². The van der Waals surface area contributed by atoms with Gasteiger partial charge >= 0.3 is 6.09 Å². The largest absolute Gasteiger partial charge is 0.416 e. The standard InChI is InChI=1S/C17H22N2O4/c20-13-10-15(16(21)18-12-6-4-5-7-12)19(11-13)17(22)23-14-8-2-1-3-9-14/h1-3,8-9,12-13,15,20H,4-7,10-11H2,(H,18,21)/t13-,15-/m1/s1. The Morgan fingerprint density at radius 3 is 2.57 bits per heavy atom. The van der Waals surface area contributed by atoms with Crippen molar-refractivity contribution in [3.8, 4) is 5.75 Å². The maximum absolute atomic E-state index is 12.4. The zero-order chi connectivity index (χ0) is 16.2. The Bertz CT molecular complexity index is 557.